The summed E-state index contributed by atoms with van der Waals surface area (Å²) in [5.41, 5.74) is 0. The number of nitrogens with zero attached hydrogens (tertiary/aromatic N) is 1. The summed E-state index contributed by atoms with van der Waals surface area (Å²) in [5.74, 6) is 1.86. The van der Waals surface area contributed by atoms with Crippen molar-refractivity contribution >= 4 is 36.0 Å². The molecule has 0 aromatic carbocycles. The molecule has 2 heterocycles. The van der Waals surface area contributed by atoms with Crippen LogP contribution in [-0.4, -0.2) is 53.5 Å². The monoisotopic (exact) mass is 347 g/mol. The first-order valence-electron chi connectivity index (χ1n) is 8.15. The number of carbonyl (C=O) groups is 2. The summed E-state index contributed by atoms with van der Waals surface area (Å²) in [6, 6.07) is 0.0192. The lowest BCUT2D eigenvalue weighted by molar-refractivity contribution is -0.141. The van der Waals surface area contributed by atoms with Crippen LogP contribution in [0.4, 0.5) is 0 Å². The maximum absolute atomic E-state index is 12.6. The van der Waals surface area contributed by atoms with Gasteiger partial charge in [-0.15, -0.1) is 24.2 Å². The Balaban J connectivity index is 0.00000176. The van der Waals surface area contributed by atoms with Gasteiger partial charge in [-0.3, -0.25) is 9.59 Å². The van der Waals surface area contributed by atoms with Crippen LogP contribution in [0.3, 0.4) is 0 Å². The zero-order valence-corrected chi connectivity index (χ0v) is 14.5. The number of carbonyl (C=O) groups excluding carboxylic acids is 2. The van der Waals surface area contributed by atoms with E-state index in [1.165, 1.54) is 0 Å². The molecule has 1 unspecified atom stereocenters. The van der Waals surface area contributed by atoms with Crippen molar-refractivity contribution in [3.05, 3.63) is 0 Å². The molecule has 7 heteroatoms. The topological polar surface area (TPSA) is 61.4 Å². The van der Waals surface area contributed by atoms with Gasteiger partial charge < -0.3 is 15.5 Å². The van der Waals surface area contributed by atoms with Crippen molar-refractivity contribution in [1.29, 1.82) is 0 Å². The minimum Gasteiger partial charge on any atom is -0.351 e. The van der Waals surface area contributed by atoms with E-state index in [0.29, 0.717) is 5.88 Å². The van der Waals surface area contributed by atoms with Gasteiger partial charge >= 0.3 is 0 Å². The molecule has 0 bridgehead atoms. The lowest BCUT2D eigenvalue weighted by Crippen LogP contribution is -2.52. The summed E-state index contributed by atoms with van der Waals surface area (Å²) in [6.45, 7) is 1.93. The van der Waals surface area contributed by atoms with Gasteiger partial charge in [-0.25, -0.2) is 0 Å². The van der Waals surface area contributed by atoms with Crippen LogP contribution in [0.2, 0.25) is 0 Å². The Morgan fingerprint density at radius 1 is 1.09 bits per heavy atom. The Kier molecular flexibility index (Phi) is 6.84. The van der Waals surface area contributed by atoms with Gasteiger partial charge in [-0.2, -0.15) is 0 Å². The van der Waals surface area contributed by atoms with E-state index in [9.17, 15) is 9.59 Å². The van der Waals surface area contributed by atoms with Crippen LogP contribution in [0, 0.1) is 5.92 Å². The number of halogens is 1. The second-order valence-corrected chi connectivity index (χ2v) is 7.34. The van der Waals surface area contributed by atoms with Crippen molar-refractivity contribution in [3.63, 3.8) is 0 Å². The van der Waals surface area contributed by atoms with Gasteiger partial charge in [0.15, 0.2) is 0 Å². The standard InChI is InChI=1S/C15H25N3O2S.ClH/c19-14(17-12-5-7-16-8-6-12)13-9-21-10-18(13)15(20)11-3-1-2-4-11;/h11-13,16H,1-10H2,(H,17,19);1H. The number of amides is 2. The molecule has 126 valence electrons. The Labute approximate surface area is 142 Å². The van der Waals surface area contributed by atoms with Gasteiger partial charge in [-0.05, 0) is 38.8 Å². The highest BCUT2D eigenvalue weighted by molar-refractivity contribution is 7.99. The number of nitrogens with one attached hydrogen (secondary N) is 2. The van der Waals surface area contributed by atoms with Crippen molar-refractivity contribution in [2.75, 3.05) is 24.7 Å². The second-order valence-electron chi connectivity index (χ2n) is 6.34. The molecule has 2 saturated heterocycles. The average Bonchev–Trinajstić information content (AvgIpc) is 3.19. The van der Waals surface area contributed by atoms with Gasteiger partial charge in [0.1, 0.15) is 6.04 Å². The number of hydrogen-bond donors (Lipinski definition) is 2. The summed E-state index contributed by atoms with van der Waals surface area (Å²) in [6.07, 6.45) is 6.29. The quantitative estimate of drug-likeness (QED) is 0.809. The second kappa shape index (κ2) is 8.41. The molecule has 1 aliphatic carbocycles. The third-order valence-electron chi connectivity index (χ3n) is 4.86. The van der Waals surface area contributed by atoms with Gasteiger partial charge in [0.25, 0.3) is 0 Å². The molecule has 1 atom stereocenters. The Morgan fingerprint density at radius 2 is 1.77 bits per heavy atom. The Hall–Kier alpha value is -0.460. The first-order chi connectivity index (χ1) is 10.3. The number of hydrogen-bond acceptors (Lipinski definition) is 4. The zero-order chi connectivity index (χ0) is 14.7. The molecule has 1 saturated carbocycles. The summed E-state index contributed by atoms with van der Waals surface area (Å²) in [7, 11) is 0. The summed E-state index contributed by atoms with van der Waals surface area (Å²) in [5, 5.41) is 6.45. The van der Waals surface area contributed by atoms with Crippen LogP contribution >= 0.6 is 24.2 Å². The highest BCUT2D eigenvalue weighted by Gasteiger charge is 2.38. The van der Waals surface area contributed by atoms with Crippen LogP contribution in [-0.2, 0) is 9.59 Å². The largest absolute Gasteiger partial charge is 0.351 e. The van der Waals surface area contributed by atoms with Crippen molar-refractivity contribution in [2.24, 2.45) is 5.92 Å². The summed E-state index contributed by atoms with van der Waals surface area (Å²) >= 11 is 1.70. The molecular formula is C15H26ClN3O2S. The molecule has 0 radical (unpaired) electrons. The fourth-order valence-electron chi connectivity index (χ4n) is 3.55. The van der Waals surface area contributed by atoms with Crippen molar-refractivity contribution in [2.45, 2.75) is 50.6 Å². The minimum absolute atomic E-state index is 0. The molecule has 0 aromatic rings. The van der Waals surface area contributed by atoms with Gasteiger partial charge in [0.05, 0.1) is 5.88 Å². The number of rotatable bonds is 3. The highest BCUT2D eigenvalue weighted by Crippen LogP contribution is 2.30. The molecule has 3 aliphatic rings. The van der Waals surface area contributed by atoms with E-state index in [1.807, 2.05) is 4.90 Å². The zero-order valence-electron chi connectivity index (χ0n) is 12.9. The van der Waals surface area contributed by atoms with Gasteiger partial charge in [0, 0.05) is 17.7 Å². The Bertz CT molecular complexity index is 398. The highest BCUT2D eigenvalue weighted by atomic mass is 35.5. The van der Waals surface area contributed by atoms with Crippen molar-refractivity contribution in [3.8, 4) is 0 Å². The summed E-state index contributed by atoms with van der Waals surface area (Å²) < 4.78 is 0. The lowest BCUT2D eigenvalue weighted by atomic mass is 10.0. The molecule has 2 aliphatic heterocycles. The first-order valence-corrected chi connectivity index (χ1v) is 9.30. The molecule has 3 rings (SSSR count). The van der Waals surface area contributed by atoms with E-state index < -0.39 is 0 Å². The fraction of sp³-hybridized carbons (Fsp3) is 0.867. The van der Waals surface area contributed by atoms with Gasteiger partial charge in [0.2, 0.25) is 11.8 Å². The third kappa shape index (κ3) is 4.09. The molecule has 2 amide bonds. The summed E-state index contributed by atoms with van der Waals surface area (Å²) in [4.78, 5) is 26.9. The maximum atomic E-state index is 12.6. The number of piperidine rings is 1. The van der Waals surface area contributed by atoms with E-state index in [2.05, 4.69) is 10.6 Å². The van der Waals surface area contributed by atoms with E-state index in [0.717, 1.165) is 57.4 Å². The predicted molar refractivity (Wildman–Crippen MR) is 91.2 cm³/mol. The number of thioether (sulfide) groups is 1. The molecule has 22 heavy (non-hydrogen) atoms. The van der Waals surface area contributed by atoms with E-state index in [-0.39, 0.29) is 42.2 Å². The van der Waals surface area contributed by atoms with Crippen LogP contribution in [0.15, 0.2) is 0 Å². The van der Waals surface area contributed by atoms with Crippen LogP contribution in [0.5, 0.6) is 0 Å². The fourth-order valence-corrected chi connectivity index (χ4v) is 4.71. The molecule has 5 nitrogen and oxygen atoms in total. The van der Waals surface area contributed by atoms with Crippen LogP contribution in [0.25, 0.3) is 0 Å². The normalized spacial score (nSPS) is 26.7. The lowest BCUT2D eigenvalue weighted by Gasteiger charge is -2.29. The molecule has 0 aromatic heterocycles. The SMILES string of the molecule is Cl.O=C(NC1CCNCC1)C1CSCN1C(=O)C1CCCC1. The van der Waals surface area contributed by atoms with Crippen molar-refractivity contribution < 1.29 is 9.59 Å². The van der Waals surface area contributed by atoms with Crippen molar-refractivity contribution in [1.82, 2.24) is 15.5 Å². The van der Waals surface area contributed by atoms with E-state index >= 15 is 0 Å². The molecule has 3 fully saturated rings. The first kappa shape index (κ1) is 17.9. The van der Waals surface area contributed by atoms with Crippen LogP contribution < -0.4 is 10.6 Å². The molecule has 0 spiro atoms. The maximum Gasteiger partial charge on any atom is 0.243 e. The van der Waals surface area contributed by atoms with Crippen LogP contribution in [0.1, 0.15) is 38.5 Å². The predicted octanol–water partition coefficient (Wildman–Crippen LogP) is 1.37. The minimum atomic E-state index is -0.252. The van der Waals surface area contributed by atoms with E-state index in [4.69, 9.17) is 0 Å². The van der Waals surface area contributed by atoms with E-state index in [1.54, 1.807) is 11.8 Å². The third-order valence-corrected chi connectivity index (χ3v) is 5.87. The Morgan fingerprint density at radius 3 is 2.45 bits per heavy atom. The average molecular weight is 348 g/mol. The molecular weight excluding hydrogens is 322 g/mol. The smallest absolute Gasteiger partial charge is 0.243 e. The van der Waals surface area contributed by atoms with Gasteiger partial charge in [-0.1, -0.05) is 12.8 Å². The molecule has 2 N–H and O–H groups in total.